The smallest absolute Gasteiger partial charge is 0.264 e. The fraction of sp³-hybridized carbons (Fsp3) is 0.435. The van der Waals surface area contributed by atoms with Crippen LogP contribution in [-0.4, -0.2) is 27.4 Å². The molecule has 4 atom stereocenters. The van der Waals surface area contributed by atoms with Crippen molar-refractivity contribution in [2.45, 2.75) is 43.5 Å². The molecule has 1 N–H and O–H groups in total. The first-order valence-corrected chi connectivity index (χ1v) is 11.7. The molecule has 2 aromatic rings. The molecule has 0 aliphatic heterocycles. The molecule has 0 heterocycles. The SMILES string of the molecule is C[C@H](NC(=O)c1ccc(S(=O)(=O)N(C)c2ccccc2)cc1)[C@@H]1C[C@H]2CC[C@H]1C2. The van der Waals surface area contributed by atoms with Gasteiger partial charge in [0.25, 0.3) is 15.9 Å². The van der Waals surface area contributed by atoms with E-state index >= 15 is 0 Å². The minimum atomic E-state index is -3.67. The third-order valence-electron chi connectivity index (χ3n) is 6.69. The van der Waals surface area contributed by atoms with Crippen LogP contribution in [0.3, 0.4) is 0 Å². The Bertz CT molecular complexity index is 973. The molecule has 6 heteroatoms. The van der Waals surface area contributed by atoms with Crippen LogP contribution in [0.5, 0.6) is 0 Å². The van der Waals surface area contributed by atoms with Crippen LogP contribution in [0.2, 0.25) is 0 Å². The van der Waals surface area contributed by atoms with Crippen molar-refractivity contribution in [1.82, 2.24) is 5.32 Å². The largest absolute Gasteiger partial charge is 0.349 e. The predicted octanol–water partition coefficient (Wildman–Crippen LogP) is 4.07. The molecule has 2 fully saturated rings. The van der Waals surface area contributed by atoms with E-state index in [4.69, 9.17) is 0 Å². The first-order valence-electron chi connectivity index (χ1n) is 10.3. The second-order valence-electron chi connectivity index (χ2n) is 8.43. The van der Waals surface area contributed by atoms with Gasteiger partial charge in [0.05, 0.1) is 10.6 Å². The lowest BCUT2D eigenvalue weighted by Crippen LogP contribution is -2.40. The average molecular weight is 413 g/mol. The molecule has 29 heavy (non-hydrogen) atoms. The van der Waals surface area contributed by atoms with Crippen LogP contribution in [0.4, 0.5) is 5.69 Å². The summed E-state index contributed by atoms with van der Waals surface area (Å²) >= 11 is 0. The fourth-order valence-corrected chi connectivity index (χ4v) is 6.21. The van der Waals surface area contributed by atoms with E-state index in [-0.39, 0.29) is 16.8 Å². The third kappa shape index (κ3) is 3.90. The number of nitrogens with zero attached hydrogens (tertiary/aromatic N) is 1. The molecule has 0 saturated heterocycles. The van der Waals surface area contributed by atoms with Gasteiger partial charge < -0.3 is 5.32 Å². The van der Waals surface area contributed by atoms with Gasteiger partial charge in [0.1, 0.15) is 0 Å². The Morgan fingerprint density at radius 1 is 1.03 bits per heavy atom. The van der Waals surface area contributed by atoms with Gasteiger partial charge in [-0.2, -0.15) is 0 Å². The van der Waals surface area contributed by atoms with Crippen LogP contribution in [0.1, 0.15) is 43.0 Å². The normalized spacial score (nSPS) is 24.3. The van der Waals surface area contributed by atoms with Gasteiger partial charge in [0.2, 0.25) is 0 Å². The highest BCUT2D eigenvalue weighted by Crippen LogP contribution is 2.49. The quantitative estimate of drug-likeness (QED) is 0.778. The Hall–Kier alpha value is -2.34. The predicted molar refractivity (Wildman–Crippen MR) is 114 cm³/mol. The van der Waals surface area contributed by atoms with Gasteiger partial charge >= 0.3 is 0 Å². The van der Waals surface area contributed by atoms with E-state index in [0.29, 0.717) is 17.2 Å². The van der Waals surface area contributed by atoms with E-state index < -0.39 is 10.0 Å². The number of benzene rings is 2. The van der Waals surface area contributed by atoms with E-state index in [1.165, 1.54) is 49.2 Å². The highest BCUT2D eigenvalue weighted by molar-refractivity contribution is 7.92. The van der Waals surface area contributed by atoms with Crippen molar-refractivity contribution in [3.63, 3.8) is 0 Å². The van der Waals surface area contributed by atoms with Crippen LogP contribution < -0.4 is 9.62 Å². The van der Waals surface area contributed by atoms with E-state index in [0.717, 1.165) is 11.8 Å². The molecule has 0 unspecified atom stereocenters. The molecule has 2 aliphatic carbocycles. The number of carbonyl (C=O) groups excluding carboxylic acids is 1. The van der Waals surface area contributed by atoms with Crippen LogP contribution in [0, 0.1) is 17.8 Å². The summed E-state index contributed by atoms with van der Waals surface area (Å²) in [5, 5.41) is 3.13. The number of amides is 1. The maximum absolute atomic E-state index is 12.9. The lowest BCUT2D eigenvalue weighted by molar-refractivity contribution is 0.0915. The lowest BCUT2D eigenvalue weighted by atomic mass is 9.84. The minimum Gasteiger partial charge on any atom is -0.349 e. The number of nitrogens with one attached hydrogen (secondary N) is 1. The number of fused-ring (bicyclic) bond motifs is 2. The first-order chi connectivity index (χ1) is 13.9. The summed E-state index contributed by atoms with van der Waals surface area (Å²) in [6, 6.07) is 15.3. The van der Waals surface area contributed by atoms with Crippen molar-refractivity contribution in [3.8, 4) is 0 Å². The lowest BCUT2D eigenvalue weighted by Gasteiger charge is -2.28. The van der Waals surface area contributed by atoms with Crippen LogP contribution >= 0.6 is 0 Å². The van der Waals surface area contributed by atoms with Gasteiger partial charge in [-0.3, -0.25) is 9.10 Å². The van der Waals surface area contributed by atoms with Gasteiger partial charge in [-0.15, -0.1) is 0 Å². The number of rotatable bonds is 6. The summed E-state index contributed by atoms with van der Waals surface area (Å²) in [6.07, 6.45) is 5.16. The molecule has 2 bridgehead atoms. The minimum absolute atomic E-state index is 0.138. The molecule has 2 aliphatic rings. The zero-order valence-corrected chi connectivity index (χ0v) is 17.7. The van der Waals surface area contributed by atoms with Crippen molar-refractivity contribution in [1.29, 1.82) is 0 Å². The van der Waals surface area contributed by atoms with Gasteiger partial charge in [0, 0.05) is 18.7 Å². The average Bonchev–Trinajstić information content (AvgIpc) is 3.37. The molecule has 1 amide bonds. The summed E-state index contributed by atoms with van der Waals surface area (Å²) in [6.45, 7) is 2.09. The summed E-state index contributed by atoms with van der Waals surface area (Å²) in [7, 11) is -2.14. The van der Waals surface area contributed by atoms with Gasteiger partial charge in [-0.1, -0.05) is 24.6 Å². The first kappa shape index (κ1) is 20.0. The van der Waals surface area contributed by atoms with Crippen molar-refractivity contribution in [2.24, 2.45) is 17.8 Å². The number of hydrogen-bond acceptors (Lipinski definition) is 3. The fourth-order valence-electron chi connectivity index (χ4n) is 5.02. The highest BCUT2D eigenvalue weighted by Gasteiger charge is 2.42. The Morgan fingerprint density at radius 3 is 2.31 bits per heavy atom. The van der Waals surface area contributed by atoms with Crippen LogP contribution in [0.25, 0.3) is 0 Å². The zero-order chi connectivity index (χ0) is 20.6. The van der Waals surface area contributed by atoms with Gasteiger partial charge in [-0.25, -0.2) is 8.42 Å². The maximum atomic E-state index is 12.9. The summed E-state index contributed by atoms with van der Waals surface area (Å²) in [5.41, 5.74) is 1.08. The number of hydrogen-bond donors (Lipinski definition) is 1. The second-order valence-corrected chi connectivity index (χ2v) is 10.4. The number of sulfonamides is 1. The topological polar surface area (TPSA) is 66.5 Å². The monoisotopic (exact) mass is 412 g/mol. The Labute approximate surface area is 173 Å². The number of para-hydroxylation sites is 1. The molecule has 0 radical (unpaired) electrons. The van der Waals surface area contributed by atoms with Crippen LogP contribution in [0.15, 0.2) is 59.5 Å². The van der Waals surface area contributed by atoms with Crippen molar-refractivity contribution in [2.75, 3.05) is 11.4 Å². The molecule has 0 spiro atoms. The molecular formula is C23H28N2O3S. The van der Waals surface area contributed by atoms with Gasteiger partial charge in [0.15, 0.2) is 0 Å². The maximum Gasteiger partial charge on any atom is 0.264 e. The van der Waals surface area contributed by atoms with E-state index in [1.54, 1.807) is 36.4 Å². The molecule has 2 saturated carbocycles. The molecule has 4 rings (SSSR count). The van der Waals surface area contributed by atoms with Crippen LogP contribution in [-0.2, 0) is 10.0 Å². The van der Waals surface area contributed by atoms with E-state index in [9.17, 15) is 13.2 Å². The molecule has 0 aromatic heterocycles. The van der Waals surface area contributed by atoms with Crippen molar-refractivity contribution >= 4 is 21.6 Å². The standard InChI is InChI=1S/C23H28N2O3S/c1-16(22-15-17-8-9-19(22)14-17)24-23(26)18-10-12-21(13-11-18)29(27,28)25(2)20-6-4-3-5-7-20/h3-7,10-13,16-17,19,22H,8-9,14-15H2,1-2H3,(H,24,26)/t16-,17-,19-,22-/m0/s1. The molecule has 5 nitrogen and oxygen atoms in total. The second kappa shape index (κ2) is 7.82. The van der Waals surface area contributed by atoms with Crippen molar-refractivity contribution < 1.29 is 13.2 Å². The highest BCUT2D eigenvalue weighted by atomic mass is 32.2. The zero-order valence-electron chi connectivity index (χ0n) is 16.9. The third-order valence-corrected chi connectivity index (χ3v) is 8.49. The summed E-state index contributed by atoms with van der Waals surface area (Å²) < 4.78 is 27.0. The summed E-state index contributed by atoms with van der Waals surface area (Å²) in [5.74, 6) is 2.02. The van der Waals surface area contributed by atoms with Gasteiger partial charge in [-0.05, 0) is 80.3 Å². The Kier molecular flexibility index (Phi) is 5.38. The molecule has 154 valence electrons. The Balaban J connectivity index is 1.44. The number of anilines is 1. The molecule has 2 aromatic carbocycles. The van der Waals surface area contributed by atoms with Crippen molar-refractivity contribution in [3.05, 3.63) is 60.2 Å². The summed E-state index contributed by atoms with van der Waals surface area (Å²) in [4.78, 5) is 12.8. The molecular weight excluding hydrogens is 384 g/mol. The van der Waals surface area contributed by atoms with E-state index in [2.05, 4.69) is 12.2 Å². The number of carbonyl (C=O) groups is 1. The van der Waals surface area contributed by atoms with E-state index in [1.807, 2.05) is 6.07 Å². The Morgan fingerprint density at radius 2 is 1.72 bits per heavy atom.